The minimum Gasteiger partial charge on any atom is -0.354 e. The number of nitrogens with one attached hydrogen (secondary N) is 1. The molecule has 0 heterocycles. The number of carbonyl (C=O) groups is 2. The molecular weight excluding hydrogens is 479 g/mol. The summed E-state index contributed by atoms with van der Waals surface area (Å²) in [6.07, 6.45) is 1.43. The van der Waals surface area contributed by atoms with Crippen LogP contribution in [0.3, 0.4) is 0 Å². The summed E-state index contributed by atoms with van der Waals surface area (Å²) >= 11 is 12.4. The van der Waals surface area contributed by atoms with E-state index in [1.165, 1.54) is 0 Å². The number of carbonyl (C=O) groups excluding carboxylic acids is 2. The smallest absolute Gasteiger partial charge is 0.243 e. The lowest BCUT2D eigenvalue weighted by molar-refractivity contribution is -0.140. The third-order valence-electron chi connectivity index (χ3n) is 6.00. The van der Waals surface area contributed by atoms with Crippen molar-refractivity contribution >= 4 is 35.0 Å². The number of hydrogen-bond acceptors (Lipinski definition) is 2. The van der Waals surface area contributed by atoms with Crippen molar-refractivity contribution in [2.24, 2.45) is 0 Å². The van der Waals surface area contributed by atoms with Crippen molar-refractivity contribution in [2.75, 3.05) is 6.54 Å². The number of benzene rings is 3. The van der Waals surface area contributed by atoms with E-state index in [2.05, 4.69) is 5.32 Å². The molecular formula is C29H32Cl2N2O2. The van der Waals surface area contributed by atoms with E-state index in [4.69, 9.17) is 23.2 Å². The summed E-state index contributed by atoms with van der Waals surface area (Å²) in [5.41, 5.74) is 4.91. The monoisotopic (exact) mass is 510 g/mol. The molecule has 3 aromatic carbocycles. The Morgan fingerprint density at radius 2 is 1.66 bits per heavy atom. The molecule has 0 bridgehead atoms. The number of halogens is 2. The van der Waals surface area contributed by atoms with Crippen molar-refractivity contribution in [1.29, 1.82) is 0 Å². The standard InChI is InChI=1S/C29H32Cl2N2O2/c1-4-14-32-29(35)27(17-22-8-6-5-7-9-22)33(19-23-12-13-25(30)26(31)16-23)28(34)18-24-15-20(2)10-11-21(24)3/h5-13,15-16,27H,4,14,17-19H2,1-3H3,(H,32,35). The molecule has 0 spiro atoms. The molecule has 2 amide bonds. The fraction of sp³-hybridized carbons (Fsp3) is 0.310. The second-order valence-corrected chi connectivity index (χ2v) is 9.69. The van der Waals surface area contributed by atoms with Crippen LogP contribution in [-0.4, -0.2) is 29.3 Å². The lowest BCUT2D eigenvalue weighted by atomic mass is 9.99. The SMILES string of the molecule is CCCNC(=O)C(Cc1ccccc1)N(Cc1ccc(Cl)c(Cl)c1)C(=O)Cc1cc(C)ccc1C. The first-order valence-electron chi connectivity index (χ1n) is 11.9. The molecule has 0 saturated carbocycles. The fourth-order valence-electron chi connectivity index (χ4n) is 4.01. The van der Waals surface area contributed by atoms with E-state index in [0.717, 1.165) is 34.2 Å². The Hall–Kier alpha value is -2.82. The van der Waals surface area contributed by atoms with E-state index >= 15 is 0 Å². The van der Waals surface area contributed by atoms with Gasteiger partial charge in [-0.3, -0.25) is 9.59 Å². The first-order chi connectivity index (χ1) is 16.8. The van der Waals surface area contributed by atoms with Gasteiger partial charge in [-0.05, 0) is 54.7 Å². The normalized spacial score (nSPS) is 11.7. The summed E-state index contributed by atoms with van der Waals surface area (Å²) < 4.78 is 0. The van der Waals surface area contributed by atoms with Crippen molar-refractivity contribution in [3.63, 3.8) is 0 Å². The van der Waals surface area contributed by atoms with Crippen LogP contribution in [0, 0.1) is 13.8 Å². The van der Waals surface area contributed by atoms with Gasteiger partial charge in [0.25, 0.3) is 0 Å². The number of hydrogen-bond donors (Lipinski definition) is 1. The molecule has 0 aromatic heterocycles. The van der Waals surface area contributed by atoms with E-state index in [9.17, 15) is 9.59 Å². The summed E-state index contributed by atoms with van der Waals surface area (Å²) in [5.74, 6) is -0.276. The molecule has 0 radical (unpaired) electrons. The van der Waals surface area contributed by atoms with Crippen LogP contribution in [0.4, 0.5) is 0 Å². The molecule has 0 aliphatic carbocycles. The Balaban J connectivity index is 2.00. The zero-order valence-corrected chi connectivity index (χ0v) is 22.0. The number of rotatable bonds is 10. The first kappa shape index (κ1) is 26.8. The van der Waals surface area contributed by atoms with Crippen LogP contribution >= 0.6 is 23.2 Å². The number of aryl methyl sites for hydroxylation is 2. The molecule has 6 heteroatoms. The molecule has 3 aromatic rings. The van der Waals surface area contributed by atoms with E-state index < -0.39 is 6.04 Å². The third kappa shape index (κ3) is 7.58. The summed E-state index contributed by atoms with van der Waals surface area (Å²) in [7, 11) is 0. The molecule has 0 fully saturated rings. The topological polar surface area (TPSA) is 49.4 Å². The van der Waals surface area contributed by atoms with Crippen LogP contribution < -0.4 is 5.32 Å². The van der Waals surface area contributed by atoms with Gasteiger partial charge in [0.15, 0.2) is 0 Å². The summed E-state index contributed by atoms with van der Waals surface area (Å²) in [6, 6.07) is 20.5. The van der Waals surface area contributed by atoms with Crippen LogP contribution in [0.1, 0.15) is 41.2 Å². The quantitative estimate of drug-likeness (QED) is 0.346. The van der Waals surface area contributed by atoms with E-state index in [1.807, 2.05) is 75.4 Å². The first-order valence-corrected chi connectivity index (χ1v) is 12.6. The van der Waals surface area contributed by atoms with Crippen LogP contribution in [-0.2, 0) is 29.0 Å². The van der Waals surface area contributed by atoms with Gasteiger partial charge in [0, 0.05) is 19.5 Å². The van der Waals surface area contributed by atoms with Gasteiger partial charge >= 0.3 is 0 Å². The molecule has 35 heavy (non-hydrogen) atoms. The van der Waals surface area contributed by atoms with Crippen LogP contribution in [0.25, 0.3) is 0 Å². The Labute approximate surface area is 218 Å². The largest absolute Gasteiger partial charge is 0.354 e. The molecule has 0 aliphatic heterocycles. The minimum atomic E-state index is -0.670. The van der Waals surface area contributed by atoms with Crippen LogP contribution in [0.2, 0.25) is 10.0 Å². The summed E-state index contributed by atoms with van der Waals surface area (Å²) in [5, 5.41) is 3.87. The van der Waals surface area contributed by atoms with Gasteiger partial charge in [0.1, 0.15) is 6.04 Å². The highest BCUT2D eigenvalue weighted by Crippen LogP contribution is 2.25. The maximum absolute atomic E-state index is 13.8. The molecule has 4 nitrogen and oxygen atoms in total. The minimum absolute atomic E-state index is 0.114. The van der Waals surface area contributed by atoms with E-state index in [1.54, 1.807) is 17.0 Å². The highest BCUT2D eigenvalue weighted by atomic mass is 35.5. The molecule has 184 valence electrons. The van der Waals surface area contributed by atoms with Crippen molar-refractivity contribution in [3.8, 4) is 0 Å². The molecule has 3 rings (SSSR count). The van der Waals surface area contributed by atoms with Gasteiger partial charge in [-0.25, -0.2) is 0 Å². The third-order valence-corrected chi connectivity index (χ3v) is 6.74. The second kappa shape index (κ2) is 12.8. The van der Waals surface area contributed by atoms with E-state index in [0.29, 0.717) is 23.0 Å². The van der Waals surface area contributed by atoms with Gasteiger partial charge < -0.3 is 10.2 Å². The van der Waals surface area contributed by atoms with Crippen molar-refractivity contribution in [1.82, 2.24) is 10.2 Å². The molecule has 0 saturated heterocycles. The molecule has 0 aliphatic rings. The van der Waals surface area contributed by atoms with Crippen molar-refractivity contribution < 1.29 is 9.59 Å². The number of nitrogens with zero attached hydrogens (tertiary/aromatic N) is 1. The fourth-order valence-corrected chi connectivity index (χ4v) is 4.33. The van der Waals surface area contributed by atoms with Gasteiger partial charge in [0.05, 0.1) is 16.5 Å². The lowest BCUT2D eigenvalue weighted by Crippen LogP contribution is -2.51. The second-order valence-electron chi connectivity index (χ2n) is 8.87. The highest BCUT2D eigenvalue weighted by molar-refractivity contribution is 6.42. The molecule has 1 unspecified atom stereocenters. The van der Waals surface area contributed by atoms with Gasteiger partial charge in [-0.1, -0.05) is 90.3 Å². The maximum Gasteiger partial charge on any atom is 0.243 e. The Bertz CT molecular complexity index is 1160. The Morgan fingerprint density at radius 1 is 0.914 bits per heavy atom. The van der Waals surface area contributed by atoms with Gasteiger partial charge in [-0.2, -0.15) is 0 Å². The molecule has 1 atom stereocenters. The van der Waals surface area contributed by atoms with Crippen LogP contribution in [0.15, 0.2) is 66.7 Å². The predicted octanol–water partition coefficient (Wildman–Crippen LogP) is 6.32. The summed E-state index contributed by atoms with van der Waals surface area (Å²) in [4.78, 5) is 28.9. The average Bonchev–Trinajstić information content (AvgIpc) is 2.84. The van der Waals surface area contributed by atoms with Gasteiger partial charge in [0.2, 0.25) is 11.8 Å². The van der Waals surface area contributed by atoms with Crippen LogP contribution in [0.5, 0.6) is 0 Å². The van der Waals surface area contributed by atoms with Gasteiger partial charge in [-0.15, -0.1) is 0 Å². The Morgan fingerprint density at radius 3 is 2.34 bits per heavy atom. The van der Waals surface area contributed by atoms with Crippen molar-refractivity contribution in [3.05, 3.63) is 105 Å². The molecule has 1 N–H and O–H groups in total. The average molecular weight is 511 g/mol. The highest BCUT2D eigenvalue weighted by Gasteiger charge is 2.30. The Kier molecular flexibility index (Phi) is 9.76. The lowest BCUT2D eigenvalue weighted by Gasteiger charge is -2.32. The maximum atomic E-state index is 13.8. The zero-order valence-electron chi connectivity index (χ0n) is 20.5. The summed E-state index contributed by atoms with van der Waals surface area (Å²) in [6.45, 7) is 6.82. The van der Waals surface area contributed by atoms with Crippen molar-refractivity contribution in [2.45, 2.75) is 52.6 Å². The number of amides is 2. The predicted molar refractivity (Wildman–Crippen MR) is 144 cm³/mol. The zero-order chi connectivity index (χ0) is 25.4. The van der Waals surface area contributed by atoms with E-state index in [-0.39, 0.29) is 24.8 Å².